The molecule has 0 amide bonds. The second-order valence-electron chi connectivity index (χ2n) is 6.53. The van der Waals surface area contributed by atoms with Crippen LogP contribution in [0.2, 0.25) is 0 Å². The van der Waals surface area contributed by atoms with Gasteiger partial charge in [0.2, 0.25) is 23.0 Å². The highest BCUT2D eigenvalue weighted by Gasteiger charge is 2.38. The van der Waals surface area contributed by atoms with Crippen LogP contribution in [0.15, 0.2) is 12.1 Å². The topological polar surface area (TPSA) is 90.9 Å². The first kappa shape index (κ1) is 22.2. The zero-order valence-electron chi connectivity index (χ0n) is 18.6. The smallest absolute Gasteiger partial charge is 0.211 e. The lowest BCUT2D eigenvalue weighted by Crippen LogP contribution is -2.22. The molecule has 0 aliphatic carbocycles. The van der Waals surface area contributed by atoms with Gasteiger partial charge in [-0.15, -0.1) is 0 Å². The summed E-state index contributed by atoms with van der Waals surface area (Å²) in [6, 6.07) is 3.49. The summed E-state index contributed by atoms with van der Waals surface area (Å²) in [5, 5.41) is 0. The van der Waals surface area contributed by atoms with Crippen LogP contribution in [0.5, 0.6) is 46.0 Å². The summed E-state index contributed by atoms with van der Waals surface area (Å²) in [5.74, 6) is 2.35. The number of hydrogen-bond donors (Lipinski definition) is 0. The zero-order valence-corrected chi connectivity index (χ0v) is 18.6. The van der Waals surface area contributed by atoms with E-state index in [0.717, 1.165) is 0 Å². The highest BCUT2D eigenvalue weighted by atomic mass is 16.6. The number of fused-ring (bicyclic) bond motifs is 1. The first-order valence-corrected chi connectivity index (χ1v) is 9.39. The van der Waals surface area contributed by atoms with E-state index in [1.165, 1.54) is 49.8 Å². The Hall–Kier alpha value is -3.49. The number of ketones is 1. The van der Waals surface area contributed by atoms with E-state index in [1.54, 1.807) is 12.1 Å². The van der Waals surface area contributed by atoms with Crippen molar-refractivity contribution in [2.75, 3.05) is 49.8 Å². The minimum Gasteiger partial charge on any atom is -0.493 e. The second-order valence-corrected chi connectivity index (χ2v) is 6.53. The molecular formula is C22H26O9. The molecule has 0 spiro atoms. The molecule has 9 heteroatoms. The van der Waals surface area contributed by atoms with Crippen LogP contribution in [0.3, 0.4) is 0 Å². The molecule has 0 bridgehead atoms. The maximum absolute atomic E-state index is 13.2. The fraction of sp³-hybridized carbons (Fsp3) is 0.409. The Morgan fingerprint density at radius 1 is 0.677 bits per heavy atom. The Bertz CT molecular complexity index is 959. The van der Waals surface area contributed by atoms with E-state index in [1.807, 2.05) is 0 Å². The molecule has 1 aliphatic heterocycles. The predicted octanol–water partition coefficient (Wildman–Crippen LogP) is 3.45. The maximum atomic E-state index is 13.2. The molecule has 2 aromatic rings. The van der Waals surface area contributed by atoms with Crippen molar-refractivity contribution < 1.29 is 42.7 Å². The number of carbonyl (C=O) groups excluding carboxylic acids is 1. The van der Waals surface area contributed by atoms with Crippen molar-refractivity contribution in [1.29, 1.82) is 0 Å². The molecule has 0 saturated heterocycles. The summed E-state index contributed by atoms with van der Waals surface area (Å²) >= 11 is 0. The lowest BCUT2D eigenvalue weighted by Gasteiger charge is -2.30. The number of rotatable bonds is 8. The lowest BCUT2D eigenvalue weighted by atomic mass is 9.94. The standard InChI is InChI=1S/C22H26O9/c1-24-14-8-11(9-15(25-2)17(14)26-3)13-10-12(23)16-18(27-4)20(28-5)22(30-7)21(29-6)19(16)31-13/h8-9,13H,10H2,1-7H3. The van der Waals surface area contributed by atoms with Crippen molar-refractivity contribution in [2.45, 2.75) is 12.5 Å². The van der Waals surface area contributed by atoms with Gasteiger partial charge >= 0.3 is 0 Å². The molecule has 3 rings (SSSR count). The van der Waals surface area contributed by atoms with E-state index in [2.05, 4.69) is 0 Å². The Morgan fingerprint density at radius 3 is 1.61 bits per heavy atom. The van der Waals surface area contributed by atoms with Gasteiger partial charge in [-0.3, -0.25) is 4.79 Å². The summed E-state index contributed by atoms with van der Waals surface area (Å²) in [7, 11) is 10.4. The van der Waals surface area contributed by atoms with Crippen LogP contribution in [-0.2, 0) is 0 Å². The van der Waals surface area contributed by atoms with Gasteiger partial charge in [0.05, 0.1) is 56.2 Å². The van der Waals surface area contributed by atoms with Gasteiger partial charge in [0, 0.05) is 5.56 Å². The Kier molecular flexibility index (Phi) is 6.53. The van der Waals surface area contributed by atoms with Crippen molar-refractivity contribution in [1.82, 2.24) is 0 Å². The molecule has 0 fully saturated rings. The van der Waals surface area contributed by atoms with Crippen molar-refractivity contribution in [3.05, 3.63) is 23.3 Å². The van der Waals surface area contributed by atoms with Crippen LogP contribution in [0.4, 0.5) is 0 Å². The van der Waals surface area contributed by atoms with Crippen molar-refractivity contribution in [3.63, 3.8) is 0 Å². The number of hydrogen-bond acceptors (Lipinski definition) is 9. The van der Waals surface area contributed by atoms with Crippen LogP contribution in [0, 0.1) is 0 Å². The molecule has 1 aliphatic rings. The zero-order chi connectivity index (χ0) is 22.7. The van der Waals surface area contributed by atoms with Gasteiger partial charge in [-0.1, -0.05) is 0 Å². The van der Waals surface area contributed by atoms with Crippen LogP contribution in [-0.4, -0.2) is 55.6 Å². The predicted molar refractivity (Wildman–Crippen MR) is 111 cm³/mol. The maximum Gasteiger partial charge on any atom is 0.211 e. The quantitative estimate of drug-likeness (QED) is 0.619. The number of methoxy groups -OCH3 is 7. The van der Waals surface area contributed by atoms with E-state index < -0.39 is 6.10 Å². The third-order valence-corrected chi connectivity index (χ3v) is 5.06. The first-order valence-electron chi connectivity index (χ1n) is 9.39. The van der Waals surface area contributed by atoms with Crippen molar-refractivity contribution in [3.8, 4) is 46.0 Å². The summed E-state index contributed by atoms with van der Waals surface area (Å²) < 4.78 is 44.4. The third kappa shape index (κ3) is 3.60. The summed E-state index contributed by atoms with van der Waals surface area (Å²) in [5.41, 5.74) is 0.907. The van der Waals surface area contributed by atoms with Gasteiger partial charge in [0.15, 0.2) is 28.8 Å². The van der Waals surface area contributed by atoms with E-state index in [-0.39, 0.29) is 46.5 Å². The third-order valence-electron chi connectivity index (χ3n) is 5.06. The molecule has 1 heterocycles. The van der Waals surface area contributed by atoms with Gasteiger partial charge in [0.25, 0.3) is 0 Å². The minimum absolute atomic E-state index is 0.0562. The van der Waals surface area contributed by atoms with Gasteiger partial charge in [0.1, 0.15) is 11.7 Å². The normalized spacial score (nSPS) is 14.8. The second kappa shape index (κ2) is 9.11. The number of carbonyl (C=O) groups is 1. The van der Waals surface area contributed by atoms with E-state index >= 15 is 0 Å². The highest BCUT2D eigenvalue weighted by molar-refractivity contribution is 6.05. The lowest BCUT2D eigenvalue weighted by molar-refractivity contribution is 0.0832. The van der Waals surface area contributed by atoms with Crippen LogP contribution in [0.1, 0.15) is 28.4 Å². The van der Waals surface area contributed by atoms with Crippen LogP contribution >= 0.6 is 0 Å². The highest BCUT2D eigenvalue weighted by Crippen LogP contribution is 2.56. The molecule has 168 valence electrons. The Balaban J connectivity index is 2.19. The molecule has 0 radical (unpaired) electrons. The van der Waals surface area contributed by atoms with Gasteiger partial charge in [-0.05, 0) is 12.1 Å². The molecular weight excluding hydrogens is 408 g/mol. The van der Waals surface area contributed by atoms with Crippen molar-refractivity contribution in [2.24, 2.45) is 0 Å². The first-order chi connectivity index (χ1) is 15.0. The average molecular weight is 434 g/mol. The molecule has 31 heavy (non-hydrogen) atoms. The minimum atomic E-state index is -0.634. The van der Waals surface area contributed by atoms with Gasteiger partial charge in [-0.25, -0.2) is 0 Å². The molecule has 1 atom stereocenters. The monoisotopic (exact) mass is 434 g/mol. The van der Waals surface area contributed by atoms with Crippen LogP contribution in [0.25, 0.3) is 0 Å². The van der Waals surface area contributed by atoms with Gasteiger partial charge < -0.3 is 37.9 Å². The van der Waals surface area contributed by atoms with Crippen molar-refractivity contribution >= 4 is 5.78 Å². The summed E-state index contributed by atoms with van der Waals surface area (Å²) in [6.45, 7) is 0. The largest absolute Gasteiger partial charge is 0.493 e. The SMILES string of the molecule is COc1cc(C2CC(=O)c3c(OC)c(OC)c(OC)c(OC)c3O2)cc(OC)c1OC. The Morgan fingerprint density at radius 2 is 1.16 bits per heavy atom. The number of benzene rings is 2. The number of Topliss-reactive ketones (excluding diaryl/α,β-unsaturated/α-hetero) is 1. The number of ether oxygens (including phenoxy) is 8. The fourth-order valence-electron chi connectivity index (χ4n) is 3.68. The van der Waals surface area contributed by atoms with Gasteiger partial charge in [-0.2, -0.15) is 0 Å². The molecule has 2 aromatic carbocycles. The summed E-state index contributed by atoms with van der Waals surface area (Å²) in [6.07, 6.45) is -0.578. The summed E-state index contributed by atoms with van der Waals surface area (Å²) in [4.78, 5) is 13.2. The molecule has 0 N–H and O–H groups in total. The average Bonchev–Trinajstić information content (AvgIpc) is 2.80. The molecule has 1 unspecified atom stereocenters. The van der Waals surface area contributed by atoms with E-state index in [4.69, 9.17) is 37.9 Å². The van der Waals surface area contributed by atoms with E-state index in [0.29, 0.717) is 22.8 Å². The molecule has 0 aromatic heterocycles. The van der Waals surface area contributed by atoms with E-state index in [9.17, 15) is 4.79 Å². The molecule has 9 nitrogen and oxygen atoms in total. The Labute approximate surface area is 180 Å². The molecule has 0 saturated carbocycles. The fourth-order valence-corrected chi connectivity index (χ4v) is 3.68. The van der Waals surface area contributed by atoms with Crippen LogP contribution < -0.4 is 37.9 Å².